The average molecular weight is 260 g/mol. The van der Waals surface area contributed by atoms with E-state index in [1.54, 1.807) is 0 Å². The lowest BCUT2D eigenvalue weighted by Crippen LogP contribution is -2.18. The molecule has 106 valence electrons. The molecule has 1 aliphatic rings. The Morgan fingerprint density at radius 1 is 1.32 bits per heavy atom. The van der Waals surface area contributed by atoms with Crippen molar-refractivity contribution < 1.29 is 0 Å². The molecule has 2 rings (SSSR count). The first-order chi connectivity index (χ1) is 8.86. The summed E-state index contributed by atoms with van der Waals surface area (Å²) in [5, 5.41) is 7.54. The Kier molecular flexibility index (Phi) is 5.74. The Labute approximate surface area is 117 Å². The molecule has 1 aromatic rings. The number of nitrogens with one attached hydrogen (secondary N) is 1. The van der Waals surface area contributed by atoms with Gasteiger partial charge in [-0.15, -0.1) is 0 Å². The van der Waals surface area contributed by atoms with Crippen molar-refractivity contribution >= 4 is 5.71 Å². The second kappa shape index (κ2) is 6.85. The Morgan fingerprint density at radius 3 is 2.42 bits per heavy atom. The molecule has 0 fully saturated rings. The van der Waals surface area contributed by atoms with Gasteiger partial charge in [0, 0.05) is 11.8 Å². The molecular weight excluding hydrogens is 232 g/mol. The summed E-state index contributed by atoms with van der Waals surface area (Å²) < 4.78 is 0. The lowest BCUT2D eigenvalue weighted by molar-refractivity contribution is 0.570. The van der Waals surface area contributed by atoms with Crippen LogP contribution in [0.2, 0.25) is 0 Å². The van der Waals surface area contributed by atoms with E-state index in [-0.39, 0.29) is 5.41 Å². The zero-order valence-corrected chi connectivity index (χ0v) is 12.8. The molecule has 0 saturated carbocycles. The van der Waals surface area contributed by atoms with Gasteiger partial charge in [0.1, 0.15) is 0 Å². The number of rotatable bonds is 2. The van der Waals surface area contributed by atoms with Crippen LogP contribution in [0.3, 0.4) is 0 Å². The van der Waals surface area contributed by atoms with Crippen LogP contribution in [0.4, 0.5) is 0 Å². The quantitative estimate of drug-likeness (QED) is 0.756. The van der Waals surface area contributed by atoms with Gasteiger partial charge in [-0.2, -0.15) is 0 Å². The van der Waals surface area contributed by atoms with Gasteiger partial charge in [-0.25, -0.2) is 0 Å². The maximum atomic E-state index is 7.54. The molecule has 1 aromatic carbocycles. The van der Waals surface area contributed by atoms with Gasteiger partial charge in [0.2, 0.25) is 0 Å². The SMILES string of the molecule is CCCC(=N)C(C)(C)C.NC1CCc2ccccc21. The Morgan fingerprint density at radius 2 is 1.95 bits per heavy atom. The highest BCUT2D eigenvalue weighted by Gasteiger charge is 2.17. The number of aryl methyl sites for hydroxylation is 1. The fourth-order valence-corrected chi connectivity index (χ4v) is 2.22. The molecule has 3 N–H and O–H groups in total. The minimum absolute atomic E-state index is 0.0933. The van der Waals surface area contributed by atoms with Crippen molar-refractivity contribution in [3.05, 3.63) is 35.4 Å². The van der Waals surface area contributed by atoms with Crippen LogP contribution in [0, 0.1) is 10.8 Å². The van der Waals surface area contributed by atoms with E-state index in [9.17, 15) is 0 Å². The predicted molar refractivity (Wildman–Crippen MR) is 83.8 cm³/mol. The summed E-state index contributed by atoms with van der Waals surface area (Å²) in [4.78, 5) is 0. The van der Waals surface area contributed by atoms with E-state index in [2.05, 4.69) is 52.0 Å². The van der Waals surface area contributed by atoms with Crippen LogP contribution in [0.25, 0.3) is 0 Å². The van der Waals surface area contributed by atoms with Gasteiger partial charge in [-0.05, 0) is 35.8 Å². The van der Waals surface area contributed by atoms with Crippen molar-refractivity contribution in [1.29, 1.82) is 5.41 Å². The minimum Gasteiger partial charge on any atom is -0.324 e. The lowest BCUT2D eigenvalue weighted by Gasteiger charge is -2.18. The highest BCUT2D eigenvalue weighted by atomic mass is 14.6. The van der Waals surface area contributed by atoms with Crippen LogP contribution in [-0.4, -0.2) is 5.71 Å². The summed E-state index contributed by atoms with van der Waals surface area (Å²) >= 11 is 0. The Hall–Kier alpha value is -1.15. The number of hydrogen-bond acceptors (Lipinski definition) is 2. The molecule has 0 spiro atoms. The molecule has 19 heavy (non-hydrogen) atoms. The van der Waals surface area contributed by atoms with E-state index < -0.39 is 0 Å². The zero-order valence-electron chi connectivity index (χ0n) is 12.8. The van der Waals surface area contributed by atoms with Gasteiger partial charge in [0.25, 0.3) is 0 Å². The number of nitrogens with two attached hydrogens (primary N) is 1. The summed E-state index contributed by atoms with van der Waals surface area (Å²) in [6.07, 6.45) is 4.33. The van der Waals surface area contributed by atoms with Crippen molar-refractivity contribution in [1.82, 2.24) is 0 Å². The average Bonchev–Trinajstić information content (AvgIpc) is 2.72. The van der Waals surface area contributed by atoms with E-state index in [0.717, 1.165) is 31.4 Å². The smallest absolute Gasteiger partial charge is 0.0300 e. The monoisotopic (exact) mass is 260 g/mol. The number of benzene rings is 1. The maximum absolute atomic E-state index is 7.54. The van der Waals surface area contributed by atoms with Gasteiger partial charge in [-0.3, -0.25) is 0 Å². The third-order valence-corrected chi connectivity index (χ3v) is 3.58. The summed E-state index contributed by atoms with van der Waals surface area (Å²) in [7, 11) is 0. The summed E-state index contributed by atoms with van der Waals surface area (Å²) in [6, 6.07) is 8.74. The van der Waals surface area contributed by atoms with Crippen LogP contribution >= 0.6 is 0 Å². The normalized spacial score (nSPS) is 17.4. The number of hydrogen-bond donors (Lipinski definition) is 2. The van der Waals surface area contributed by atoms with Gasteiger partial charge in [-0.1, -0.05) is 58.4 Å². The van der Waals surface area contributed by atoms with Crippen LogP contribution in [0.15, 0.2) is 24.3 Å². The third kappa shape index (κ3) is 4.79. The predicted octanol–water partition coefficient (Wildman–Crippen LogP) is 4.48. The lowest BCUT2D eigenvalue weighted by atomic mass is 9.88. The first kappa shape index (κ1) is 15.9. The second-order valence-electron chi connectivity index (χ2n) is 6.32. The molecule has 0 aliphatic heterocycles. The van der Waals surface area contributed by atoms with E-state index in [4.69, 9.17) is 11.1 Å². The van der Waals surface area contributed by atoms with Crippen LogP contribution in [0.1, 0.15) is 64.1 Å². The molecule has 0 bridgehead atoms. The van der Waals surface area contributed by atoms with Crippen molar-refractivity contribution in [2.75, 3.05) is 0 Å². The largest absolute Gasteiger partial charge is 0.324 e. The molecular formula is C17H28N2. The highest BCUT2D eigenvalue weighted by molar-refractivity contribution is 5.86. The fourth-order valence-electron chi connectivity index (χ4n) is 2.22. The molecule has 1 unspecified atom stereocenters. The van der Waals surface area contributed by atoms with Crippen molar-refractivity contribution in [3.63, 3.8) is 0 Å². The first-order valence-corrected chi connectivity index (χ1v) is 7.27. The molecule has 2 heteroatoms. The van der Waals surface area contributed by atoms with Crippen molar-refractivity contribution in [3.8, 4) is 0 Å². The van der Waals surface area contributed by atoms with E-state index in [1.165, 1.54) is 11.1 Å². The molecule has 1 atom stereocenters. The highest BCUT2D eigenvalue weighted by Crippen LogP contribution is 2.28. The van der Waals surface area contributed by atoms with Crippen molar-refractivity contribution in [2.45, 2.75) is 59.4 Å². The van der Waals surface area contributed by atoms with Crippen molar-refractivity contribution in [2.24, 2.45) is 11.1 Å². The first-order valence-electron chi connectivity index (χ1n) is 7.27. The van der Waals surface area contributed by atoms with Gasteiger partial charge in [0.05, 0.1) is 0 Å². The summed E-state index contributed by atoms with van der Waals surface area (Å²) in [5.74, 6) is 0. The molecule has 0 heterocycles. The Bertz CT molecular complexity index is 416. The van der Waals surface area contributed by atoms with Gasteiger partial charge < -0.3 is 11.1 Å². The number of fused-ring (bicyclic) bond motifs is 1. The van der Waals surface area contributed by atoms with Crippen LogP contribution < -0.4 is 5.73 Å². The Balaban J connectivity index is 0.000000192. The molecule has 0 amide bonds. The van der Waals surface area contributed by atoms with E-state index in [0.29, 0.717) is 6.04 Å². The topological polar surface area (TPSA) is 49.9 Å². The summed E-state index contributed by atoms with van der Waals surface area (Å²) in [5.41, 5.74) is 9.59. The molecule has 0 radical (unpaired) electrons. The van der Waals surface area contributed by atoms with E-state index in [1.807, 2.05) is 0 Å². The van der Waals surface area contributed by atoms with Crippen LogP contribution in [-0.2, 0) is 6.42 Å². The minimum atomic E-state index is 0.0933. The fraction of sp³-hybridized carbons (Fsp3) is 0.588. The summed E-state index contributed by atoms with van der Waals surface area (Å²) in [6.45, 7) is 8.38. The molecule has 2 nitrogen and oxygen atoms in total. The maximum Gasteiger partial charge on any atom is 0.0300 e. The molecule has 0 aromatic heterocycles. The zero-order chi connectivity index (χ0) is 14.5. The van der Waals surface area contributed by atoms with Gasteiger partial charge in [0.15, 0.2) is 0 Å². The standard InChI is InChI=1S/C9H11N.C8H17N/c10-9-6-5-7-3-1-2-4-8(7)9;1-5-6-7(9)8(2,3)4/h1-4,9H,5-6,10H2;9H,5-6H2,1-4H3. The second-order valence-corrected chi connectivity index (χ2v) is 6.32. The van der Waals surface area contributed by atoms with Gasteiger partial charge >= 0.3 is 0 Å². The molecule has 1 aliphatic carbocycles. The molecule has 0 saturated heterocycles. The van der Waals surface area contributed by atoms with E-state index >= 15 is 0 Å². The van der Waals surface area contributed by atoms with Crippen LogP contribution in [0.5, 0.6) is 0 Å². The third-order valence-electron chi connectivity index (χ3n) is 3.58.